The maximum atomic E-state index is 11.1. The van der Waals surface area contributed by atoms with Gasteiger partial charge in [-0.05, 0) is 62.4 Å². The molecule has 3 aliphatic rings. The Morgan fingerprint density at radius 1 is 1.22 bits per heavy atom. The number of aliphatic hydroxyl groups excluding tert-OH is 1. The topological polar surface area (TPSA) is 49.7 Å². The summed E-state index contributed by atoms with van der Waals surface area (Å²) in [5.41, 5.74) is 1.19. The fourth-order valence-corrected chi connectivity index (χ4v) is 5.22. The molecule has 3 fully saturated rings. The summed E-state index contributed by atoms with van der Waals surface area (Å²) in [6.07, 6.45) is 3.27. The van der Waals surface area contributed by atoms with E-state index in [0.717, 1.165) is 18.4 Å². The van der Waals surface area contributed by atoms with Gasteiger partial charge >= 0.3 is 0 Å². The second-order valence-electron chi connectivity index (χ2n) is 8.58. The maximum Gasteiger partial charge on any atom is 0.0900 e. The van der Waals surface area contributed by atoms with Gasteiger partial charge in [0, 0.05) is 5.92 Å². The summed E-state index contributed by atoms with van der Waals surface area (Å²) in [4.78, 5) is 0. The van der Waals surface area contributed by atoms with E-state index in [2.05, 4.69) is 27.0 Å². The van der Waals surface area contributed by atoms with Crippen LogP contribution in [0.3, 0.4) is 0 Å². The van der Waals surface area contributed by atoms with E-state index in [1.165, 1.54) is 5.57 Å². The van der Waals surface area contributed by atoms with Crippen LogP contribution in [0.25, 0.3) is 0 Å². The van der Waals surface area contributed by atoms with Crippen molar-refractivity contribution in [2.75, 3.05) is 0 Å². The van der Waals surface area contributed by atoms with Crippen molar-refractivity contribution in [3.8, 4) is 0 Å². The molecule has 23 heavy (non-hydrogen) atoms. The lowest BCUT2D eigenvalue weighted by molar-refractivity contribution is -0.117. The molecular weight excluding hydrogens is 288 g/mol. The van der Waals surface area contributed by atoms with Crippen LogP contribution in [0.5, 0.6) is 0 Å². The first-order chi connectivity index (χ1) is 10.7. The van der Waals surface area contributed by atoms with Crippen LogP contribution < -0.4 is 0 Å². The molecule has 0 radical (unpaired) electrons. The van der Waals surface area contributed by atoms with Crippen LogP contribution in [-0.4, -0.2) is 34.1 Å². The molecule has 1 saturated carbocycles. The van der Waals surface area contributed by atoms with Crippen molar-refractivity contribution in [3.63, 3.8) is 0 Å². The quantitative estimate of drug-likeness (QED) is 0.728. The zero-order chi connectivity index (χ0) is 16.9. The Balaban J connectivity index is 2.01. The van der Waals surface area contributed by atoms with Crippen LogP contribution >= 0.6 is 0 Å². The number of rotatable bonds is 1. The Hall–Kier alpha value is -0.640. The third-order valence-corrected chi connectivity index (χ3v) is 6.58. The van der Waals surface area contributed by atoms with Gasteiger partial charge in [-0.25, -0.2) is 0 Å². The summed E-state index contributed by atoms with van der Waals surface area (Å²) in [5, 5.41) is 21.4. The zero-order valence-electron chi connectivity index (χ0n) is 14.8. The van der Waals surface area contributed by atoms with Crippen LogP contribution in [0.15, 0.2) is 24.3 Å². The second-order valence-corrected chi connectivity index (χ2v) is 8.58. The SMILES string of the molecule is C=C1CC[C@@H](C(C)C)[C@H]2[C@@H]1[C@H]1CC(=C)[C@H](O)CC[C@](C)(O)[C@@H]2O1. The minimum Gasteiger partial charge on any atom is -0.389 e. The summed E-state index contributed by atoms with van der Waals surface area (Å²) in [6.45, 7) is 14.9. The lowest BCUT2D eigenvalue weighted by Gasteiger charge is -2.44. The molecule has 0 aromatic heterocycles. The number of fused-ring (bicyclic) bond motifs is 5. The van der Waals surface area contributed by atoms with Crippen molar-refractivity contribution >= 4 is 0 Å². The van der Waals surface area contributed by atoms with Gasteiger partial charge in [-0.3, -0.25) is 0 Å². The first-order valence-electron chi connectivity index (χ1n) is 9.13. The predicted molar refractivity (Wildman–Crippen MR) is 92.0 cm³/mol. The van der Waals surface area contributed by atoms with E-state index in [1.54, 1.807) is 0 Å². The van der Waals surface area contributed by atoms with Crippen LogP contribution in [-0.2, 0) is 4.74 Å². The van der Waals surface area contributed by atoms with E-state index >= 15 is 0 Å². The molecule has 1 aliphatic carbocycles. The Labute approximate surface area is 140 Å². The molecule has 2 N–H and O–H groups in total. The van der Waals surface area contributed by atoms with Gasteiger partial charge in [0.15, 0.2) is 0 Å². The van der Waals surface area contributed by atoms with E-state index in [-0.39, 0.29) is 18.1 Å². The molecule has 7 atom stereocenters. The molecule has 3 heteroatoms. The van der Waals surface area contributed by atoms with Gasteiger partial charge in [0.05, 0.1) is 23.9 Å². The number of ether oxygens (including phenoxy) is 1. The van der Waals surface area contributed by atoms with E-state index in [0.29, 0.717) is 37.0 Å². The van der Waals surface area contributed by atoms with E-state index < -0.39 is 11.7 Å². The highest BCUT2D eigenvalue weighted by molar-refractivity contribution is 5.20. The summed E-state index contributed by atoms with van der Waals surface area (Å²) < 4.78 is 6.43. The standard InChI is InChI=1S/C20H32O3/c1-11(2)14-7-6-12(3)17-16-10-13(4)15(21)8-9-20(5,22)19(23-16)18(14)17/h11,14-19,21-22H,3-4,6-10H2,1-2,5H3/t14-,15+,16+,17-,18-,19+,20-/m0/s1. The highest BCUT2D eigenvalue weighted by atomic mass is 16.5. The summed E-state index contributed by atoms with van der Waals surface area (Å²) in [7, 11) is 0. The molecule has 3 rings (SSSR count). The molecule has 2 bridgehead atoms. The van der Waals surface area contributed by atoms with Crippen molar-refractivity contribution in [1.29, 1.82) is 0 Å². The van der Waals surface area contributed by atoms with Gasteiger partial charge in [-0.1, -0.05) is 32.6 Å². The molecule has 0 unspecified atom stereocenters. The molecule has 0 aromatic carbocycles. The Bertz CT molecular complexity index is 493. The minimum absolute atomic E-state index is 0.00535. The fraction of sp³-hybridized carbons (Fsp3) is 0.800. The highest BCUT2D eigenvalue weighted by Crippen LogP contribution is 2.54. The van der Waals surface area contributed by atoms with Crippen LogP contribution in [0.2, 0.25) is 0 Å². The molecule has 2 saturated heterocycles. The Morgan fingerprint density at radius 2 is 1.91 bits per heavy atom. The van der Waals surface area contributed by atoms with E-state index in [4.69, 9.17) is 4.74 Å². The zero-order valence-corrected chi connectivity index (χ0v) is 14.8. The van der Waals surface area contributed by atoms with Crippen molar-refractivity contribution < 1.29 is 14.9 Å². The largest absolute Gasteiger partial charge is 0.389 e. The van der Waals surface area contributed by atoms with Crippen molar-refractivity contribution in [3.05, 3.63) is 24.3 Å². The van der Waals surface area contributed by atoms with Gasteiger partial charge in [0.1, 0.15) is 0 Å². The lowest BCUT2D eigenvalue weighted by atomic mass is 9.61. The van der Waals surface area contributed by atoms with Crippen LogP contribution in [0.4, 0.5) is 0 Å². The van der Waals surface area contributed by atoms with Gasteiger partial charge < -0.3 is 14.9 Å². The second kappa shape index (κ2) is 6.02. The minimum atomic E-state index is -0.909. The van der Waals surface area contributed by atoms with Crippen molar-refractivity contribution in [2.24, 2.45) is 23.7 Å². The molecule has 3 nitrogen and oxygen atoms in total. The van der Waals surface area contributed by atoms with Crippen LogP contribution in [0.1, 0.15) is 52.9 Å². The number of hydrogen-bond donors (Lipinski definition) is 2. The summed E-state index contributed by atoms with van der Waals surface area (Å²) >= 11 is 0. The maximum absolute atomic E-state index is 11.1. The summed E-state index contributed by atoms with van der Waals surface area (Å²) in [5.74, 6) is 1.76. The Morgan fingerprint density at radius 3 is 2.57 bits per heavy atom. The van der Waals surface area contributed by atoms with Gasteiger partial charge in [0.2, 0.25) is 0 Å². The van der Waals surface area contributed by atoms with Crippen molar-refractivity contribution in [2.45, 2.75) is 76.8 Å². The average Bonchev–Trinajstić information content (AvgIpc) is 2.86. The smallest absolute Gasteiger partial charge is 0.0900 e. The molecule has 2 heterocycles. The van der Waals surface area contributed by atoms with E-state index in [1.807, 2.05) is 6.92 Å². The highest BCUT2D eigenvalue weighted by Gasteiger charge is 2.56. The summed E-state index contributed by atoms with van der Waals surface area (Å²) in [6, 6.07) is 0. The molecule has 0 aromatic rings. The predicted octanol–water partition coefficient (Wildman–Crippen LogP) is 3.46. The first-order valence-corrected chi connectivity index (χ1v) is 9.13. The van der Waals surface area contributed by atoms with E-state index in [9.17, 15) is 10.2 Å². The Kier molecular flexibility index (Phi) is 4.50. The third-order valence-electron chi connectivity index (χ3n) is 6.58. The molecule has 0 spiro atoms. The van der Waals surface area contributed by atoms with Gasteiger partial charge in [0.25, 0.3) is 0 Å². The number of hydrogen-bond acceptors (Lipinski definition) is 3. The monoisotopic (exact) mass is 320 g/mol. The van der Waals surface area contributed by atoms with Gasteiger partial charge in [-0.2, -0.15) is 0 Å². The van der Waals surface area contributed by atoms with Crippen LogP contribution in [0, 0.1) is 23.7 Å². The molecule has 2 aliphatic heterocycles. The van der Waals surface area contributed by atoms with Gasteiger partial charge in [-0.15, -0.1) is 0 Å². The van der Waals surface area contributed by atoms with Crippen molar-refractivity contribution in [1.82, 2.24) is 0 Å². The molecule has 130 valence electrons. The number of aliphatic hydroxyl groups is 2. The fourth-order valence-electron chi connectivity index (χ4n) is 5.22. The molecular formula is C20H32O3. The third kappa shape index (κ3) is 2.92. The average molecular weight is 320 g/mol. The first kappa shape index (κ1) is 17.2. The normalized spacial score (nSPS) is 47.9. The molecule has 0 amide bonds. The lowest BCUT2D eigenvalue weighted by Crippen LogP contribution is -2.48.